The number of anilines is 1. The van der Waals surface area contributed by atoms with Gasteiger partial charge in [-0.3, -0.25) is 9.59 Å². The number of hydrogen-bond donors (Lipinski definition) is 2. The van der Waals surface area contributed by atoms with E-state index in [-0.39, 0.29) is 17.9 Å². The molecule has 134 valence electrons. The van der Waals surface area contributed by atoms with Crippen LogP contribution in [0.5, 0.6) is 5.75 Å². The minimum Gasteiger partial charge on any atom is -0.508 e. The van der Waals surface area contributed by atoms with E-state index in [1.807, 2.05) is 0 Å². The van der Waals surface area contributed by atoms with E-state index in [9.17, 15) is 23.5 Å². The van der Waals surface area contributed by atoms with Crippen LogP contribution in [0.15, 0.2) is 47.1 Å². The molecule has 1 amide bonds. The summed E-state index contributed by atoms with van der Waals surface area (Å²) >= 11 is 0. The first-order valence-corrected chi connectivity index (χ1v) is 7.52. The minimum atomic E-state index is -0.933. The van der Waals surface area contributed by atoms with Crippen LogP contribution >= 0.6 is 0 Å². The fourth-order valence-electron chi connectivity index (χ4n) is 2.34. The number of rotatable bonds is 5. The second-order valence-electron chi connectivity index (χ2n) is 5.45. The van der Waals surface area contributed by atoms with Crippen molar-refractivity contribution in [2.24, 2.45) is 0 Å². The zero-order valence-electron chi connectivity index (χ0n) is 13.3. The van der Waals surface area contributed by atoms with Gasteiger partial charge in [-0.25, -0.2) is 8.78 Å². The molecule has 2 N–H and O–H groups in total. The molecule has 0 unspecified atom stereocenters. The lowest BCUT2D eigenvalue weighted by molar-refractivity contribution is -0.146. The van der Waals surface area contributed by atoms with Crippen LogP contribution in [0.25, 0.3) is 11.0 Å². The molecule has 2 aromatic carbocycles. The van der Waals surface area contributed by atoms with Crippen LogP contribution in [0.1, 0.15) is 5.56 Å². The van der Waals surface area contributed by atoms with Crippen molar-refractivity contribution in [2.45, 2.75) is 6.42 Å². The van der Waals surface area contributed by atoms with Crippen LogP contribution < -0.4 is 5.32 Å². The van der Waals surface area contributed by atoms with Crippen molar-refractivity contribution < 1.29 is 32.6 Å². The van der Waals surface area contributed by atoms with E-state index in [0.29, 0.717) is 22.6 Å². The summed E-state index contributed by atoms with van der Waals surface area (Å²) in [4.78, 5) is 23.6. The highest BCUT2D eigenvalue weighted by atomic mass is 19.1. The van der Waals surface area contributed by atoms with E-state index in [2.05, 4.69) is 5.32 Å². The average Bonchev–Trinajstić information content (AvgIpc) is 2.97. The molecule has 0 radical (unpaired) electrons. The van der Waals surface area contributed by atoms with Crippen molar-refractivity contribution in [3.8, 4) is 5.75 Å². The maximum absolute atomic E-state index is 13.4. The largest absolute Gasteiger partial charge is 0.508 e. The molecule has 0 saturated heterocycles. The van der Waals surface area contributed by atoms with Crippen LogP contribution in [-0.4, -0.2) is 23.6 Å². The zero-order valence-corrected chi connectivity index (χ0v) is 13.3. The van der Waals surface area contributed by atoms with Gasteiger partial charge in [-0.2, -0.15) is 0 Å². The number of fused-ring (bicyclic) bond motifs is 1. The Hall–Kier alpha value is -3.42. The molecular formula is C18H13F2NO5. The molecule has 0 fully saturated rings. The minimum absolute atomic E-state index is 0.0330. The standard InChI is InChI=1S/C18H13F2NO5/c19-11-1-4-15(14(20)6-11)21-17(23)9-26-18(24)5-10-8-25-16-7-12(22)2-3-13(10)16/h1-4,6-8,22H,5,9H2,(H,21,23). The number of carbonyl (C=O) groups excluding carboxylic acids is 2. The molecule has 0 saturated carbocycles. The van der Waals surface area contributed by atoms with Gasteiger partial charge in [0.25, 0.3) is 5.91 Å². The Morgan fingerprint density at radius 1 is 1.15 bits per heavy atom. The number of aromatic hydroxyl groups is 1. The summed E-state index contributed by atoms with van der Waals surface area (Å²) in [6, 6.07) is 7.15. The Morgan fingerprint density at radius 3 is 2.73 bits per heavy atom. The van der Waals surface area contributed by atoms with Crippen molar-refractivity contribution in [2.75, 3.05) is 11.9 Å². The first kappa shape index (κ1) is 17.4. The summed E-state index contributed by atoms with van der Waals surface area (Å²) in [5.74, 6) is -3.11. The third kappa shape index (κ3) is 3.97. The molecule has 26 heavy (non-hydrogen) atoms. The van der Waals surface area contributed by atoms with E-state index >= 15 is 0 Å². The fraction of sp³-hybridized carbons (Fsp3) is 0.111. The van der Waals surface area contributed by atoms with Gasteiger partial charge in [0.15, 0.2) is 6.61 Å². The summed E-state index contributed by atoms with van der Waals surface area (Å²) < 4.78 is 36.3. The van der Waals surface area contributed by atoms with Gasteiger partial charge in [0, 0.05) is 23.1 Å². The van der Waals surface area contributed by atoms with Gasteiger partial charge in [-0.15, -0.1) is 0 Å². The molecule has 0 atom stereocenters. The molecule has 0 bridgehead atoms. The van der Waals surface area contributed by atoms with Crippen LogP contribution in [0.3, 0.4) is 0 Å². The van der Waals surface area contributed by atoms with Gasteiger partial charge in [-0.1, -0.05) is 0 Å². The van der Waals surface area contributed by atoms with Gasteiger partial charge in [0.1, 0.15) is 23.0 Å². The number of benzene rings is 2. The summed E-state index contributed by atoms with van der Waals surface area (Å²) in [6.07, 6.45) is 1.22. The SMILES string of the molecule is O=C(COC(=O)Cc1coc2cc(O)ccc12)Nc1ccc(F)cc1F. The second kappa shape index (κ2) is 7.22. The van der Waals surface area contributed by atoms with Crippen LogP contribution in [0.4, 0.5) is 14.5 Å². The lowest BCUT2D eigenvalue weighted by atomic mass is 10.1. The fourth-order valence-corrected chi connectivity index (χ4v) is 2.34. The van der Waals surface area contributed by atoms with Gasteiger partial charge in [-0.05, 0) is 24.3 Å². The van der Waals surface area contributed by atoms with E-state index < -0.39 is 30.1 Å². The van der Waals surface area contributed by atoms with Crippen molar-refractivity contribution in [3.63, 3.8) is 0 Å². The molecule has 0 aliphatic carbocycles. The lowest BCUT2D eigenvalue weighted by Crippen LogP contribution is -2.22. The highest BCUT2D eigenvalue weighted by Gasteiger charge is 2.14. The molecule has 3 rings (SSSR count). The molecule has 0 aliphatic rings. The zero-order chi connectivity index (χ0) is 18.7. The molecule has 0 aliphatic heterocycles. The van der Waals surface area contributed by atoms with E-state index in [1.54, 1.807) is 6.07 Å². The molecule has 6 nitrogen and oxygen atoms in total. The Labute approximate surface area is 146 Å². The number of ether oxygens (including phenoxy) is 1. The predicted molar refractivity (Wildman–Crippen MR) is 87.5 cm³/mol. The Kier molecular flexibility index (Phi) is 4.83. The van der Waals surface area contributed by atoms with Crippen molar-refractivity contribution in [1.82, 2.24) is 0 Å². The number of hydrogen-bond acceptors (Lipinski definition) is 5. The maximum atomic E-state index is 13.4. The smallest absolute Gasteiger partial charge is 0.310 e. The summed E-state index contributed by atoms with van der Waals surface area (Å²) in [5.41, 5.74) is 0.736. The summed E-state index contributed by atoms with van der Waals surface area (Å²) in [5, 5.41) is 12.2. The highest BCUT2D eigenvalue weighted by Crippen LogP contribution is 2.25. The van der Waals surface area contributed by atoms with Crippen LogP contribution in [-0.2, 0) is 20.7 Å². The Morgan fingerprint density at radius 2 is 1.96 bits per heavy atom. The van der Waals surface area contributed by atoms with Gasteiger partial charge < -0.3 is 19.6 Å². The molecule has 8 heteroatoms. The van der Waals surface area contributed by atoms with E-state index in [1.165, 1.54) is 18.4 Å². The lowest BCUT2D eigenvalue weighted by Gasteiger charge is -2.07. The van der Waals surface area contributed by atoms with Crippen LogP contribution in [0, 0.1) is 11.6 Å². The predicted octanol–water partition coefficient (Wildman–Crippen LogP) is 3.14. The van der Waals surface area contributed by atoms with Crippen molar-refractivity contribution in [1.29, 1.82) is 0 Å². The third-order valence-electron chi connectivity index (χ3n) is 3.54. The molecule has 1 heterocycles. The third-order valence-corrected chi connectivity index (χ3v) is 3.54. The Bertz CT molecular complexity index is 983. The number of amides is 1. The number of nitrogens with one attached hydrogen (secondary N) is 1. The van der Waals surface area contributed by atoms with Crippen molar-refractivity contribution in [3.05, 3.63) is 59.9 Å². The number of esters is 1. The first-order chi connectivity index (χ1) is 12.4. The van der Waals surface area contributed by atoms with E-state index in [4.69, 9.17) is 9.15 Å². The van der Waals surface area contributed by atoms with Gasteiger partial charge in [0.2, 0.25) is 0 Å². The van der Waals surface area contributed by atoms with Crippen molar-refractivity contribution >= 4 is 28.5 Å². The Balaban J connectivity index is 1.55. The normalized spacial score (nSPS) is 10.7. The van der Waals surface area contributed by atoms with Gasteiger partial charge in [0.05, 0.1) is 18.4 Å². The first-order valence-electron chi connectivity index (χ1n) is 7.52. The highest BCUT2D eigenvalue weighted by molar-refractivity contribution is 5.93. The second-order valence-corrected chi connectivity index (χ2v) is 5.45. The number of halogens is 2. The number of furan rings is 1. The van der Waals surface area contributed by atoms with Crippen LogP contribution in [0.2, 0.25) is 0 Å². The topological polar surface area (TPSA) is 88.8 Å². The maximum Gasteiger partial charge on any atom is 0.310 e. The molecular weight excluding hydrogens is 348 g/mol. The molecule has 3 aromatic rings. The summed E-state index contributed by atoms with van der Waals surface area (Å²) in [6.45, 7) is -0.619. The monoisotopic (exact) mass is 361 g/mol. The molecule has 1 aromatic heterocycles. The summed E-state index contributed by atoms with van der Waals surface area (Å²) in [7, 11) is 0. The van der Waals surface area contributed by atoms with E-state index in [0.717, 1.165) is 12.1 Å². The number of phenols is 1. The number of carbonyl (C=O) groups is 2. The quantitative estimate of drug-likeness (QED) is 0.682. The average molecular weight is 361 g/mol. The number of phenolic OH excluding ortho intramolecular Hbond substituents is 1. The van der Waals surface area contributed by atoms with Gasteiger partial charge >= 0.3 is 5.97 Å². The molecule has 0 spiro atoms.